The van der Waals surface area contributed by atoms with Crippen molar-refractivity contribution >= 4 is 10.0 Å². The zero-order valence-electron chi connectivity index (χ0n) is 11.3. The molecule has 0 saturated carbocycles. The first-order valence-corrected chi connectivity index (χ1v) is 8.30. The topological polar surface area (TPSA) is 78.6 Å². The lowest BCUT2D eigenvalue weighted by Crippen LogP contribution is -2.31. The third kappa shape index (κ3) is 6.68. The van der Waals surface area contributed by atoms with Crippen LogP contribution in [-0.4, -0.2) is 40.1 Å². The fourth-order valence-electron chi connectivity index (χ4n) is 2.02. The third-order valence-electron chi connectivity index (χ3n) is 3.30. The SMILES string of the molecule is CC(C)C(COCC1CCCCO1)CS(N)(=O)=O. The summed E-state index contributed by atoms with van der Waals surface area (Å²) in [5.74, 6) is 0.162. The molecule has 108 valence electrons. The van der Waals surface area contributed by atoms with E-state index in [4.69, 9.17) is 14.6 Å². The van der Waals surface area contributed by atoms with Crippen LogP contribution in [-0.2, 0) is 19.5 Å². The molecule has 2 atom stereocenters. The van der Waals surface area contributed by atoms with E-state index in [-0.39, 0.29) is 23.7 Å². The fourth-order valence-corrected chi connectivity index (χ4v) is 3.10. The van der Waals surface area contributed by atoms with E-state index in [0.29, 0.717) is 13.2 Å². The van der Waals surface area contributed by atoms with Crippen molar-refractivity contribution in [2.45, 2.75) is 39.2 Å². The minimum atomic E-state index is -3.43. The zero-order chi connectivity index (χ0) is 13.6. The smallest absolute Gasteiger partial charge is 0.209 e. The highest BCUT2D eigenvalue weighted by Crippen LogP contribution is 2.16. The molecule has 1 fully saturated rings. The standard InChI is InChI=1S/C12H25NO4S/c1-10(2)11(9-18(13,14)15)7-16-8-12-5-3-4-6-17-12/h10-12H,3-9H2,1-2H3,(H2,13,14,15). The van der Waals surface area contributed by atoms with Gasteiger partial charge in [0.2, 0.25) is 10.0 Å². The van der Waals surface area contributed by atoms with Gasteiger partial charge in [-0.3, -0.25) is 0 Å². The Morgan fingerprint density at radius 1 is 1.39 bits per heavy atom. The molecule has 0 aliphatic carbocycles. The lowest BCUT2D eigenvalue weighted by molar-refractivity contribution is -0.0480. The first-order valence-electron chi connectivity index (χ1n) is 6.58. The first-order chi connectivity index (χ1) is 8.38. The molecule has 5 nitrogen and oxygen atoms in total. The average molecular weight is 279 g/mol. The molecule has 1 aliphatic rings. The summed E-state index contributed by atoms with van der Waals surface area (Å²) in [6, 6.07) is 0. The molecule has 1 heterocycles. The number of sulfonamides is 1. The van der Waals surface area contributed by atoms with Crippen molar-refractivity contribution in [3.05, 3.63) is 0 Å². The van der Waals surface area contributed by atoms with Crippen LogP contribution in [0.2, 0.25) is 0 Å². The lowest BCUT2D eigenvalue weighted by atomic mass is 9.99. The summed E-state index contributed by atoms with van der Waals surface area (Å²) < 4.78 is 33.4. The maximum Gasteiger partial charge on any atom is 0.209 e. The number of rotatable bonds is 7. The van der Waals surface area contributed by atoms with Crippen LogP contribution in [0.15, 0.2) is 0 Å². The summed E-state index contributed by atoms with van der Waals surface area (Å²) in [5, 5.41) is 5.08. The highest BCUT2D eigenvalue weighted by atomic mass is 32.2. The minimum absolute atomic E-state index is 0.0177. The summed E-state index contributed by atoms with van der Waals surface area (Å²) >= 11 is 0. The summed E-state index contributed by atoms with van der Waals surface area (Å²) in [7, 11) is -3.43. The Morgan fingerprint density at radius 3 is 2.61 bits per heavy atom. The van der Waals surface area contributed by atoms with Crippen LogP contribution in [0.25, 0.3) is 0 Å². The first kappa shape index (κ1) is 15.9. The molecule has 1 rings (SSSR count). The van der Waals surface area contributed by atoms with E-state index in [0.717, 1.165) is 19.4 Å². The Labute approximate surface area is 110 Å². The van der Waals surface area contributed by atoms with E-state index in [9.17, 15) is 8.42 Å². The fraction of sp³-hybridized carbons (Fsp3) is 1.00. The lowest BCUT2D eigenvalue weighted by Gasteiger charge is -2.24. The van der Waals surface area contributed by atoms with Crippen molar-refractivity contribution in [3.63, 3.8) is 0 Å². The molecule has 2 unspecified atom stereocenters. The van der Waals surface area contributed by atoms with Gasteiger partial charge in [0, 0.05) is 6.61 Å². The van der Waals surface area contributed by atoms with Crippen LogP contribution in [0.5, 0.6) is 0 Å². The monoisotopic (exact) mass is 279 g/mol. The van der Waals surface area contributed by atoms with Crippen molar-refractivity contribution in [2.24, 2.45) is 17.0 Å². The van der Waals surface area contributed by atoms with Crippen molar-refractivity contribution in [2.75, 3.05) is 25.6 Å². The minimum Gasteiger partial charge on any atom is -0.378 e. The Morgan fingerprint density at radius 2 is 2.11 bits per heavy atom. The number of hydrogen-bond donors (Lipinski definition) is 1. The largest absolute Gasteiger partial charge is 0.378 e. The van der Waals surface area contributed by atoms with Crippen LogP contribution < -0.4 is 5.14 Å². The predicted octanol–water partition coefficient (Wildman–Crippen LogP) is 1.13. The Balaban J connectivity index is 2.28. The highest BCUT2D eigenvalue weighted by molar-refractivity contribution is 7.89. The molecule has 1 aliphatic heterocycles. The van der Waals surface area contributed by atoms with Gasteiger partial charge in [-0.2, -0.15) is 0 Å². The van der Waals surface area contributed by atoms with E-state index in [1.165, 1.54) is 6.42 Å². The van der Waals surface area contributed by atoms with Crippen LogP contribution in [0.4, 0.5) is 0 Å². The van der Waals surface area contributed by atoms with Crippen LogP contribution >= 0.6 is 0 Å². The molecular formula is C12H25NO4S. The van der Waals surface area contributed by atoms with Gasteiger partial charge in [0.25, 0.3) is 0 Å². The van der Waals surface area contributed by atoms with Gasteiger partial charge in [-0.1, -0.05) is 13.8 Å². The maximum atomic E-state index is 11.1. The normalized spacial score (nSPS) is 23.2. The van der Waals surface area contributed by atoms with Gasteiger partial charge in [0.15, 0.2) is 0 Å². The molecule has 1 saturated heterocycles. The second-order valence-electron chi connectivity index (χ2n) is 5.36. The second kappa shape index (κ2) is 7.43. The average Bonchev–Trinajstić information content (AvgIpc) is 2.27. The highest BCUT2D eigenvalue weighted by Gasteiger charge is 2.21. The van der Waals surface area contributed by atoms with Gasteiger partial charge < -0.3 is 9.47 Å². The van der Waals surface area contributed by atoms with Crippen LogP contribution in [0.1, 0.15) is 33.1 Å². The molecule has 0 aromatic carbocycles. The van der Waals surface area contributed by atoms with Gasteiger partial charge in [-0.25, -0.2) is 13.6 Å². The second-order valence-corrected chi connectivity index (χ2v) is 7.02. The predicted molar refractivity (Wildman–Crippen MR) is 70.7 cm³/mol. The Hall–Kier alpha value is -0.170. The molecule has 0 spiro atoms. The van der Waals surface area contributed by atoms with Gasteiger partial charge >= 0.3 is 0 Å². The number of ether oxygens (including phenoxy) is 2. The molecule has 0 aromatic rings. The van der Waals surface area contributed by atoms with E-state index < -0.39 is 10.0 Å². The Bertz CT molecular complexity index is 323. The van der Waals surface area contributed by atoms with Crippen molar-refractivity contribution < 1.29 is 17.9 Å². The quantitative estimate of drug-likeness (QED) is 0.758. The van der Waals surface area contributed by atoms with E-state index >= 15 is 0 Å². The maximum absolute atomic E-state index is 11.1. The summed E-state index contributed by atoms with van der Waals surface area (Å²) in [6.07, 6.45) is 3.50. The molecule has 0 aromatic heterocycles. The summed E-state index contributed by atoms with van der Waals surface area (Å²) in [6.45, 7) is 5.74. The van der Waals surface area contributed by atoms with Gasteiger partial charge in [0.05, 0.1) is 25.1 Å². The van der Waals surface area contributed by atoms with Gasteiger partial charge in [-0.15, -0.1) is 0 Å². The molecular weight excluding hydrogens is 254 g/mol. The molecule has 0 bridgehead atoms. The van der Waals surface area contributed by atoms with E-state index in [1.54, 1.807) is 0 Å². The van der Waals surface area contributed by atoms with E-state index in [2.05, 4.69) is 0 Å². The zero-order valence-corrected chi connectivity index (χ0v) is 12.1. The van der Waals surface area contributed by atoms with Crippen LogP contribution in [0.3, 0.4) is 0 Å². The molecule has 2 N–H and O–H groups in total. The van der Waals surface area contributed by atoms with Gasteiger partial charge in [-0.05, 0) is 31.1 Å². The number of nitrogens with two attached hydrogens (primary N) is 1. The number of hydrogen-bond acceptors (Lipinski definition) is 4. The molecule has 0 radical (unpaired) electrons. The Kier molecular flexibility index (Phi) is 6.55. The van der Waals surface area contributed by atoms with E-state index in [1.807, 2.05) is 13.8 Å². The number of primary sulfonamides is 1. The summed E-state index contributed by atoms with van der Waals surface area (Å²) in [5.41, 5.74) is 0. The van der Waals surface area contributed by atoms with Gasteiger partial charge in [0.1, 0.15) is 0 Å². The third-order valence-corrected chi connectivity index (χ3v) is 4.19. The molecule has 0 amide bonds. The summed E-state index contributed by atoms with van der Waals surface area (Å²) in [4.78, 5) is 0. The molecule has 6 heteroatoms. The van der Waals surface area contributed by atoms with Crippen molar-refractivity contribution in [1.29, 1.82) is 0 Å². The van der Waals surface area contributed by atoms with Crippen molar-refractivity contribution in [1.82, 2.24) is 0 Å². The van der Waals surface area contributed by atoms with Crippen molar-refractivity contribution in [3.8, 4) is 0 Å². The molecule has 18 heavy (non-hydrogen) atoms. The van der Waals surface area contributed by atoms with Crippen LogP contribution in [0, 0.1) is 11.8 Å².